The van der Waals surface area contributed by atoms with Crippen molar-refractivity contribution in [2.45, 2.75) is 77.6 Å². The van der Waals surface area contributed by atoms with Crippen LogP contribution in [-0.4, -0.2) is 23.9 Å². The fourth-order valence-corrected chi connectivity index (χ4v) is 9.15. The highest BCUT2D eigenvalue weighted by Gasteiger charge is 2.58. The van der Waals surface area contributed by atoms with Gasteiger partial charge in [0.05, 0.1) is 0 Å². The van der Waals surface area contributed by atoms with Gasteiger partial charge in [-0.2, -0.15) is 0 Å². The molecule has 1 heterocycles. The molecule has 6 bridgehead atoms. The Balaban J connectivity index is 1.19. The monoisotopic (exact) mass is 405 g/mol. The van der Waals surface area contributed by atoms with E-state index in [2.05, 4.69) is 56.0 Å². The van der Waals surface area contributed by atoms with E-state index in [0.29, 0.717) is 34.0 Å². The van der Waals surface area contributed by atoms with E-state index in [1.807, 2.05) is 0 Å². The van der Waals surface area contributed by atoms with Crippen molar-refractivity contribution in [3.05, 3.63) is 35.9 Å². The minimum absolute atomic E-state index is 0.313. The first-order valence-electron chi connectivity index (χ1n) is 12.6. The van der Waals surface area contributed by atoms with E-state index >= 15 is 0 Å². The number of rotatable bonds is 3. The summed E-state index contributed by atoms with van der Waals surface area (Å²) in [5.41, 5.74) is 2.69. The Morgan fingerprint density at radius 1 is 1.03 bits per heavy atom. The van der Waals surface area contributed by atoms with Crippen molar-refractivity contribution in [1.82, 2.24) is 4.90 Å². The Bertz CT molecular complexity index is 827. The van der Waals surface area contributed by atoms with Crippen molar-refractivity contribution in [3.63, 3.8) is 0 Å². The van der Waals surface area contributed by atoms with Gasteiger partial charge in [0, 0.05) is 19.5 Å². The van der Waals surface area contributed by atoms with Crippen LogP contribution in [0.15, 0.2) is 30.3 Å². The zero-order valence-corrected chi connectivity index (χ0v) is 19.2. The molecule has 6 aliphatic rings. The number of piperidine rings is 1. The lowest BCUT2D eigenvalue weighted by atomic mass is 9.44. The van der Waals surface area contributed by atoms with Crippen LogP contribution in [0.2, 0.25) is 0 Å². The van der Waals surface area contributed by atoms with E-state index in [-0.39, 0.29) is 0 Å². The van der Waals surface area contributed by atoms with Gasteiger partial charge in [-0.1, -0.05) is 51.1 Å². The van der Waals surface area contributed by atoms with Crippen molar-refractivity contribution in [3.8, 4) is 0 Å². The number of hydrogen-bond donors (Lipinski definition) is 0. The number of likely N-dealkylation sites (tertiary alicyclic amines) is 1. The maximum Gasteiger partial charge on any atom is 0.222 e. The molecule has 162 valence electrons. The number of carbonyl (C=O) groups excluding carboxylic acids is 1. The van der Waals surface area contributed by atoms with Crippen molar-refractivity contribution in [2.75, 3.05) is 13.1 Å². The molecule has 6 fully saturated rings. The van der Waals surface area contributed by atoms with Crippen LogP contribution in [0.5, 0.6) is 0 Å². The molecule has 2 heteroatoms. The molecule has 0 aromatic heterocycles. The van der Waals surface area contributed by atoms with Crippen molar-refractivity contribution in [1.29, 1.82) is 0 Å². The number of fused-ring (bicyclic) bond motifs is 2. The second-order valence-electron chi connectivity index (χ2n) is 12.8. The van der Waals surface area contributed by atoms with Crippen molar-refractivity contribution in [2.24, 2.45) is 40.4 Å². The molecule has 1 saturated heterocycles. The van der Waals surface area contributed by atoms with E-state index in [9.17, 15) is 4.79 Å². The Hall–Kier alpha value is -1.31. The first-order chi connectivity index (χ1) is 14.3. The standard InChI is InChI=1S/C28H39NO/c1-26(2)23-9-10-27(26,3)18-29(17-23)25(30)13-24-20-11-19-12-21(24)16-28(14-19,15-20)22-7-5-4-6-8-22/h4-8,19-21,23-24H,9-18H2,1-3H3/t19?,20?,21?,23?,24?,27-,28?/m1/s1. The summed E-state index contributed by atoms with van der Waals surface area (Å²) in [5.74, 6) is 4.27. The van der Waals surface area contributed by atoms with Crippen molar-refractivity contribution < 1.29 is 4.79 Å². The highest BCUT2D eigenvalue weighted by Crippen LogP contribution is 2.64. The average Bonchev–Trinajstić information content (AvgIpc) is 2.85. The lowest BCUT2D eigenvalue weighted by molar-refractivity contribution is -0.144. The van der Waals surface area contributed by atoms with Crippen LogP contribution in [0.4, 0.5) is 0 Å². The fraction of sp³-hybridized carbons (Fsp3) is 0.750. The summed E-state index contributed by atoms with van der Waals surface area (Å²) in [4.78, 5) is 15.8. The lowest BCUT2D eigenvalue weighted by Gasteiger charge is -2.60. The number of nitrogens with zero attached hydrogens (tertiary/aromatic N) is 1. The summed E-state index contributed by atoms with van der Waals surface area (Å²) < 4.78 is 0. The van der Waals surface area contributed by atoms with E-state index in [1.54, 1.807) is 5.56 Å². The molecular formula is C28H39NO. The predicted octanol–water partition coefficient (Wildman–Crippen LogP) is 6.06. The SMILES string of the molecule is CC1(C)C2CC[C@]1(C)CN(C(=O)CC1C3CC4CC1CC(c1ccccc1)(C4)C3)C2. The van der Waals surface area contributed by atoms with Gasteiger partial charge in [-0.05, 0) is 96.3 Å². The van der Waals surface area contributed by atoms with Gasteiger partial charge >= 0.3 is 0 Å². The Labute approximate surface area is 182 Å². The maximum atomic E-state index is 13.5. The third-order valence-corrected chi connectivity index (χ3v) is 11.2. The molecule has 2 nitrogen and oxygen atoms in total. The predicted molar refractivity (Wildman–Crippen MR) is 121 cm³/mol. The first kappa shape index (κ1) is 19.4. The normalized spacial score (nSPS) is 45.7. The minimum Gasteiger partial charge on any atom is -0.342 e. The minimum atomic E-state index is 0.313. The summed E-state index contributed by atoms with van der Waals surface area (Å²) >= 11 is 0. The molecule has 5 aliphatic carbocycles. The van der Waals surface area contributed by atoms with Gasteiger partial charge in [0.1, 0.15) is 0 Å². The quantitative estimate of drug-likeness (QED) is 0.599. The fourth-order valence-electron chi connectivity index (χ4n) is 9.15. The first-order valence-corrected chi connectivity index (χ1v) is 12.6. The second-order valence-corrected chi connectivity index (χ2v) is 12.8. The van der Waals surface area contributed by atoms with Crippen LogP contribution < -0.4 is 0 Å². The molecule has 0 radical (unpaired) electrons. The summed E-state index contributed by atoms with van der Waals surface area (Å²) in [7, 11) is 0. The molecule has 1 aromatic carbocycles. The molecule has 1 amide bonds. The van der Waals surface area contributed by atoms with Crippen LogP contribution in [0.25, 0.3) is 0 Å². The summed E-state index contributed by atoms with van der Waals surface area (Å²) in [6, 6.07) is 11.3. The molecule has 1 aromatic rings. The number of amides is 1. The van der Waals surface area contributed by atoms with Gasteiger partial charge in [0.15, 0.2) is 0 Å². The van der Waals surface area contributed by atoms with Crippen LogP contribution in [-0.2, 0) is 10.2 Å². The van der Waals surface area contributed by atoms with E-state index in [4.69, 9.17) is 0 Å². The van der Waals surface area contributed by atoms with Gasteiger partial charge in [0.2, 0.25) is 5.91 Å². The topological polar surface area (TPSA) is 20.3 Å². The zero-order chi connectivity index (χ0) is 20.7. The molecule has 0 N–H and O–H groups in total. The van der Waals surface area contributed by atoms with Crippen molar-refractivity contribution >= 4 is 5.91 Å². The molecule has 3 unspecified atom stereocenters. The third-order valence-electron chi connectivity index (χ3n) is 11.2. The van der Waals surface area contributed by atoms with Gasteiger partial charge in [-0.3, -0.25) is 4.79 Å². The highest BCUT2D eigenvalue weighted by molar-refractivity contribution is 5.77. The summed E-state index contributed by atoms with van der Waals surface area (Å²) in [6.45, 7) is 9.35. The van der Waals surface area contributed by atoms with Crippen LogP contribution in [0.3, 0.4) is 0 Å². The lowest BCUT2D eigenvalue weighted by Crippen LogP contribution is -2.56. The largest absolute Gasteiger partial charge is 0.342 e. The third kappa shape index (κ3) is 2.64. The number of hydrogen-bond acceptors (Lipinski definition) is 1. The summed E-state index contributed by atoms with van der Waals surface area (Å²) in [6.07, 6.45) is 10.3. The smallest absolute Gasteiger partial charge is 0.222 e. The molecular weight excluding hydrogens is 366 g/mol. The van der Waals surface area contributed by atoms with Gasteiger partial charge in [0.25, 0.3) is 0 Å². The second kappa shape index (κ2) is 6.36. The highest BCUT2D eigenvalue weighted by atomic mass is 16.2. The zero-order valence-electron chi connectivity index (χ0n) is 19.2. The van der Waals surface area contributed by atoms with Crippen LogP contribution in [0.1, 0.15) is 77.7 Å². The molecule has 5 saturated carbocycles. The van der Waals surface area contributed by atoms with E-state index in [0.717, 1.165) is 37.3 Å². The Morgan fingerprint density at radius 3 is 2.40 bits per heavy atom. The molecule has 4 atom stereocenters. The van der Waals surface area contributed by atoms with Crippen LogP contribution >= 0.6 is 0 Å². The van der Waals surface area contributed by atoms with E-state index < -0.39 is 0 Å². The molecule has 1 aliphatic heterocycles. The molecule has 7 rings (SSSR count). The van der Waals surface area contributed by atoms with Gasteiger partial charge in [-0.25, -0.2) is 0 Å². The molecule has 30 heavy (non-hydrogen) atoms. The average molecular weight is 406 g/mol. The molecule has 0 spiro atoms. The summed E-state index contributed by atoms with van der Waals surface area (Å²) in [5, 5.41) is 0. The number of carbonyl (C=O) groups is 1. The van der Waals surface area contributed by atoms with Gasteiger partial charge < -0.3 is 4.90 Å². The Kier molecular flexibility index (Phi) is 4.11. The Morgan fingerprint density at radius 2 is 1.73 bits per heavy atom. The van der Waals surface area contributed by atoms with Gasteiger partial charge in [-0.15, -0.1) is 0 Å². The number of benzene rings is 1. The van der Waals surface area contributed by atoms with E-state index in [1.165, 1.54) is 44.9 Å². The van der Waals surface area contributed by atoms with Crippen LogP contribution in [0, 0.1) is 40.4 Å². The maximum absolute atomic E-state index is 13.5.